The molecule has 0 fully saturated rings. The molecule has 0 spiro atoms. The fourth-order valence-electron chi connectivity index (χ4n) is 2.53. The predicted molar refractivity (Wildman–Crippen MR) is 120 cm³/mol. The zero-order valence-corrected chi connectivity index (χ0v) is 17.1. The number of nitrogens with one attached hydrogen (secondary N) is 1. The molecule has 0 saturated carbocycles. The van der Waals surface area contributed by atoms with Crippen molar-refractivity contribution < 1.29 is 9.84 Å². The summed E-state index contributed by atoms with van der Waals surface area (Å²) < 4.78 is 5.89. The lowest BCUT2D eigenvalue weighted by atomic mass is 10.1. The number of pyridine rings is 1. The molecule has 3 aromatic rings. The molecule has 29 heavy (non-hydrogen) atoms. The van der Waals surface area contributed by atoms with Crippen molar-refractivity contribution in [2.45, 2.75) is 60.6 Å². The van der Waals surface area contributed by atoms with Crippen molar-refractivity contribution in [2.75, 3.05) is 11.9 Å². The topological polar surface area (TPSA) is 80.2 Å². The summed E-state index contributed by atoms with van der Waals surface area (Å²) >= 11 is 0. The van der Waals surface area contributed by atoms with Crippen LogP contribution in [0.3, 0.4) is 0 Å². The van der Waals surface area contributed by atoms with Crippen molar-refractivity contribution in [3.63, 3.8) is 0 Å². The number of hydrogen-bond donors (Lipinski definition) is 2. The number of fused-ring (bicyclic) bond motifs is 1. The van der Waals surface area contributed by atoms with Gasteiger partial charge in [0, 0.05) is 24.2 Å². The number of aliphatic hydroxyl groups excluding tert-OH is 1. The van der Waals surface area contributed by atoms with E-state index < -0.39 is 0 Å². The molecule has 2 heterocycles. The molecule has 0 saturated heterocycles. The Morgan fingerprint density at radius 3 is 2.48 bits per heavy atom. The Bertz CT molecular complexity index is 870. The van der Waals surface area contributed by atoms with Crippen molar-refractivity contribution in [1.82, 2.24) is 15.0 Å². The SMILES string of the molecule is C.CCC.Cc1ncc(OCc2cc3ccccc3cn2)c(N[C@@H](C)CCO)n1. The quantitative estimate of drug-likeness (QED) is 0.573. The maximum absolute atomic E-state index is 9.06. The molecule has 0 bridgehead atoms. The van der Waals surface area contributed by atoms with Crippen LogP contribution in [0.4, 0.5) is 5.82 Å². The van der Waals surface area contributed by atoms with Crippen LogP contribution in [0.5, 0.6) is 5.75 Å². The zero-order chi connectivity index (χ0) is 20.4. The molecular formula is C23H34N4O2. The van der Waals surface area contributed by atoms with E-state index in [0.717, 1.165) is 16.5 Å². The Balaban J connectivity index is 0.000000990. The maximum Gasteiger partial charge on any atom is 0.180 e. The summed E-state index contributed by atoms with van der Waals surface area (Å²) in [5.74, 6) is 1.87. The van der Waals surface area contributed by atoms with Crippen molar-refractivity contribution >= 4 is 16.6 Å². The molecule has 0 aliphatic heterocycles. The lowest BCUT2D eigenvalue weighted by Crippen LogP contribution is -2.18. The van der Waals surface area contributed by atoms with Crippen molar-refractivity contribution in [2.24, 2.45) is 0 Å². The van der Waals surface area contributed by atoms with Crippen LogP contribution in [0.2, 0.25) is 0 Å². The minimum Gasteiger partial charge on any atom is -0.482 e. The monoisotopic (exact) mass is 398 g/mol. The molecule has 1 aromatic carbocycles. The van der Waals surface area contributed by atoms with Crippen LogP contribution in [0.25, 0.3) is 10.8 Å². The smallest absolute Gasteiger partial charge is 0.180 e. The van der Waals surface area contributed by atoms with E-state index in [1.54, 1.807) is 6.20 Å². The van der Waals surface area contributed by atoms with Crippen molar-refractivity contribution in [3.8, 4) is 5.75 Å². The summed E-state index contributed by atoms with van der Waals surface area (Å²) in [7, 11) is 0. The highest BCUT2D eigenvalue weighted by Crippen LogP contribution is 2.23. The highest BCUT2D eigenvalue weighted by molar-refractivity contribution is 5.81. The highest BCUT2D eigenvalue weighted by Gasteiger charge is 2.11. The largest absolute Gasteiger partial charge is 0.482 e. The van der Waals surface area contributed by atoms with Gasteiger partial charge in [-0.1, -0.05) is 52.0 Å². The van der Waals surface area contributed by atoms with Crippen molar-refractivity contribution in [3.05, 3.63) is 54.2 Å². The van der Waals surface area contributed by atoms with Crippen LogP contribution in [0, 0.1) is 6.92 Å². The van der Waals surface area contributed by atoms with Gasteiger partial charge in [0.2, 0.25) is 0 Å². The molecule has 1 atom stereocenters. The summed E-state index contributed by atoms with van der Waals surface area (Å²) in [6.07, 6.45) is 5.40. The molecule has 3 rings (SSSR count). The Kier molecular flexibility index (Phi) is 10.6. The molecule has 0 radical (unpaired) electrons. The first-order valence-corrected chi connectivity index (χ1v) is 9.74. The van der Waals surface area contributed by atoms with Crippen molar-refractivity contribution in [1.29, 1.82) is 0 Å². The Hall–Kier alpha value is -2.73. The van der Waals surface area contributed by atoms with E-state index in [9.17, 15) is 0 Å². The molecule has 0 aliphatic carbocycles. The third-order valence-electron chi connectivity index (χ3n) is 3.88. The number of anilines is 1. The first kappa shape index (κ1) is 24.3. The van der Waals surface area contributed by atoms with Crippen LogP contribution in [-0.2, 0) is 6.61 Å². The molecule has 2 aromatic heterocycles. The van der Waals surface area contributed by atoms with Gasteiger partial charge in [-0.2, -0.15) is 0 Å². The first-order valence-electron chi connectivity index (χ1n) is 9.74. The molecule has 6 heteroatoms. The summed E-state index contributed by atoms with van der Waals surface area (Å²) in [5.41, 5.74) is 0.841. The number of aryl methyl sites for hydroxylation is 1. The summed E-state index contributed by atoms with van der Waals surface area (Å²) in [6, 6.07) is 10.2. The van der Waals surface area contributed by atoms with Crippen LogP contribution in [0.15, 0.2) is 42.7 Å². The summed E-state index contributed by atoms with van der Waals surface area (Å²) in [4.78, 5) is 13.1. The van der Waals surface area contributed by atoms with E-state index in [1.807, 2.05) is 44.3 Å². The van der Waals surface area contributed by atoms with E-state index in [4.69, 9.17) is 9.84 Å². The molecule has 0 aliphatic rings. The van der Waals surface area contributed by atoms with Gasteiger partial charge in [0.1, 0.15) is 12.4 Å². The Morgan fingerprint density at radius 1 is 1.10 bits per heavy atom. The standard InChI is InChI=1S/C19H22N4O2.C3H8.CH4/c1-13(7-8-24)22-19-18(11-20-14(2)23-19)25-12-17-9-15-5-3-4-6-16(15)10-21-17;1-3-2;/h3-6,9-11,13,24H,7-8,12H2,1-2H3,(H,20,22,23);3H2,1-2H3;1H4/t13-;;/m0../s1. The molecular weight excluding hydrogens is 364 g/mol. The third-order valence-corrected chi connectivity index (χ3v) is 3.88. The second-order valence-electron chi connectivity index (χ2n) is 6.71. The maximum atomic E-state index is 9.06. The highest BCUT2D eigenvalue weighted by atomic mass is 16.5. The average molecular weight is 399 g/mol. The average Bonchev–Trinajstić information content (AvgIpc) is 2.68. The number of ether oxygens (including phenoxy) is 1. The Morgan fingerprint density at radius 2 is 1.79 bits per heavy atom. The van der Waals surface area contributed by atoms with Crippen LogP contribution in [-0.4, -0.2) is 32.7 Å². The van der Waals surface area contributed by atoms with Crippen LogP contribution >= 0.6 is 0 Å². The summed E-state index contributed by atoms with van der Waals surface area (Å²) in [5, 5.41) is 14.6. The van der Waals surface area contributed by atoms with E-state index in [1.165, 1.54) is 6.42 Å². The van der Waals surface area contributed by atoms with Crippen LogP contribution < -0.4 is 10.1 Å². The van der Waals surface area contributed by atoms with E-state index in [2.05, 4.69) is 40.2 Å². The zero-order valence-electron chi connectivity index (χ0n) is 17.1. The van der Waals surface area contributed by atoms with Gasteiger partial charge < -0.3 is 15.2 Å². The van der Waals surface area contributed by atoms with Gasteiger partial charge in [-0.25, -0.2) is 9.97 Å². The number of benzene rings is 1. The fraction of sp³-hybridized carbons (Fsp3) is 0.435. The second-order valence-corrected chi connectivity index (χ2v) is 6.71. The number of hydrogen-bond acceptors (Lipinski definition) is 6. The molecule has 0 unspecified atom stereocenters. The van der Waals surface area contributed by atoms with Gasteiger partial charge in [0.05, 0.1) is 11.9 Å². The minimum atomic E-state index is 0. The number of aliphatic hydroxyl groups is 1. The van der Waals surface area contributed by atoms with E-state index in [0.29, 0.717) is 30.4 Å². The van der Waals surface area contributed by atoms with Gasteiger partial charge in [-0.05, 0) is 31.7 Å². The lowest BCUT2D eigenvalue weighted by molar-refractivity contribution is 0.281. The number of nitrogens with zero attached hydrogens (tertiary/aromatic N) is 3. The minimum absolute atomic E-state index is 0. The molecule has 2 N–H and O–H groups in total. The first-order chi connectivity index (χ1) is 13.6. The van der Waals surface area contributed by atoms with Crippen LogP contribution in [0.1, 0.15) is 52.6 Å². The fourth-order valence-corrected chi connectivity index (χ4v) is 2.53. The molecule has 6 nitrogen and oxygen atoms in total. The number of aromatic nitrogens is 3. The van der Waals surface area contributed by atoms with Gasteiger partial charge in [0.15, 0.2) is 11.6 Å². The Labute approximate surface area is 174 Å². The van der Waals surface area contributed by atoms with Gasteiger partial charge in [-0.15, -0.1) is 0 Å². The second kappa shape index (κ2) is 12.7. The number of rotatable bonds is 7. The molecule has 158 valence electrons. The van der Waals surface area contributed by atoms with Gasteiger partial charge in [-0.3, -0.25) is 4.98 Å². The predicted octanol–water partition coefficient (Wildman–Crippen LogP) is 5.15. The van der Waals surface area contributed by atoms with E-state index in [-0.39, 0.29) is 20.1 Å². The van der Waals surface area contributed by atoms with Gasteiger partial charge >= 0.3 is 0 Å². The lowest BCUT2D eigenvalue weighted by Gasteiger charge is -2.16. The van der Waals surface area contributed by atoms with E-state index >= 15 is 0 Å². The molecule has 0 amide bonds. The summed E-state index contributed by atoms with van der Waals surface area (Å²) in [6.45, 7) is 8.52. The third kappa shape index (κ3) is 7.66. The van der Waals surface area contributed by atoms with Gasteiger partial charge in [0.25, 0.3) is 0 Å². The normalized spacial score (nSPS) is 11.1.